The summed E-state index contributed by atoms with van der Waals surface area (Å²) in [4.78, 5) is 35.2. The number of sulfonamides is 1. The van der Waals surface area contributed by atoms with Crippen LogP contribution in [0.15, 0.2) is 27.9 Å². The van der Waals surface area contributed by atoms with E-state index in [2.05, 4.69) is 15.0 Å². The molecule has 1 aromatic carbocycles. The number of carbonyl (C=O) groups excluding carboxylic acids is 1. The summed E-state index contributed by atoms with van der Waals surface area (Å²) < 4.78 is 45.8. The zero-order chi connectivity index (χ0) is 28.6. The number of nitrogens with one attached hydrogen (secondary N) is 1. The fourth-order valence-electron chi connectivity index (χ4n) is 3.99. The van der Waals surface area contributed by atoms with Crippen LogP contribution >= 0.6 is 0 Å². The number of aromatic amines is 1. The second-order valence-electron chi connectivity index (χ2n) is 8.95. The highest BCUT2D eigenvalue weighted by molar-refractivity contribution is 7.89. The van der Waals surface area contributed by atoms with E-state index in [-0.39, 0.29) is 48.7 Å². The van der Waals surface area contributed by atoms with Crippen molar-refractivity contribution in [3.63, 3.8) is 0 Å². The Hall–Kier alpha value is -3.49. The van der Waals surface area contributed by atoms with E-state index in [1.807, 2.05) is 6.92 Å². The lowest BCUT2D eigenvalue weighted by Crippen LogP contribution is -2.35. The van der Waals surface area contributed by atoms with Crippen LogP contribution in [0.5, 0.6) is 11.8 Å². The second-order valence-corrected chi connectivity index (χ2v) is 10.9. The van der Waals surface area contributed by atoms with Crippen LogP contribution in [0.25, 0.3) is 11.2 Å². The zero-order valence-electron chi connectivity index (χ0n) is 22.7. The average Bonchev–Trinajstić information content (AvgIpc) is 3.20. The van der Waals surface area contributed by atoms with E-state index < -0.39 is 21.7 Å². The monoisotopic (exact) mass is 564 g/mol. The van der Waals surface area contributed by atoms with E-state index >= 15 is 0 Å². The van der Waals surface area contributed by atoms with Crippen molar-refractivity contribution in [1.82, 2.24) is 23.8 Å². The topological polar surface area (TPSA) is 172 Å². The summed E-state index contributed by atoms with van der Waals surface area (Å²) in [6.45, 7) is 6.11. The third-order valence-electron chi connectivity index (χ3n) is 6.05. The van der Waals surface area contributed by atoms with Crippen molar-refractivity contribution in [2.75, 3.05) is 39.1 Å². The lowest BCUT2D eigenvalue weighted by Gasteiger charge is -2.23. The number of imidazole rings is 1. The highest BCUT2D eigenvalue weighted by Gasteiger charge is 2.27. The lowest BCUT2D eigenvalue weighted by molar-refractivity contribution is -0.131. The Kier molecular flexibility index (Phi) is 10.4. The van der Waals surface area contributed by atoms with Crippen LogP contribution < -0.4 is 20.9 Å². The molecular weight excluding hydrogens is 528 g/mol. The predicted octanol–water partition coefficient (Wildman–Crippen LogP) is 2.23. The number of nitrogens with zero attached hydrogens (tertiary/aromatic N) is 4. The molecule has 0 spiro atoms. The quantitative estimate of drug-likeness (QED) is 0.158. The Morgan fingerprint density at radius 2 is 1.92 bits per heavy atom. The molecule has 0 aliphatic rings. The van der Waals surface area contributed by atoms with Gasteiger partial charge in [0.05, 0.1) is 18.1 Å². The minimum Gasteiger partial charge on any atom is -0.463 e. The lowest BCUT2D eigenvalue weighted by atomic mass is 10.2. The van der Waals surface area contributed by atoms with Crippen LogP contribution in [0.2, 0.25) is 0 Å². The van der Waals surface area contributed by atoms with E-state index in [4.69, 9.17) is 19.9 Å². The van der Waals surface area contributed by atoms with Gasteiger partial charge in [0.15, 0.2) is 11.5 Å². The molecular formula is C25H36N6O7S. The van der Waals surface area contributed by atoms with Crippen LogP contribution in [-0.2, 0) is 26.1 Å². The normalized spacial score (nSPS) is 11.8. The van der Waals surface area contributed by atoms with Crippen molar-refractivity contribution >= 4 is 33.0 Å². The number of anilines is 1. The van der Waals surface area contributed by atoms with Gasteiger partial charge in [-0.1, -0.05) is 19.4 Å². The van der Waals surface area contributed by atoms with Gasteiger partial charge in [-0.3, -0.25) is 9.36 Å². The number of esters is 1. The molecule has 214 valence electrons. The van der Waals surface area contributed by atoms with Gasteiger partial charge in [-0.25, -0.2) is 13.2 Å². The standard InChI is InChI=1S/C25H36N6O7S/c1-5-6-15-37-24-28-22(26)21-23(29-24)31(25(33)27-21)13-8-7-12-30(14-16-36-4)39(34,35)20-11-9-10-19(17(20)2)38-18(3)32/h9-11H,5-8,12-16H2,1-4H3,(H,27,33)(H2,26,28,29). The molecule has 2 heterocycles. The minimum atomic E-state index is -3.93. The Bertz CT molecular complexity index is 1450. The molecule has 39 heavy (non-hydrogen) atoms. The molecule has 0 radical (unpaired) electrons. The van der Waals surface area contributed by atoms with Crippen LogP contribution in [0.3, 0.4) is 0 Å². The Morgan fingerprint density at radius 3 is 2.62 bits per heavy atom. The number of methoxy groups -OCH3 is 1. The van der Waals surface area contributed by atoms with Crippen LogP contribution in [0.4, 0.5) is 5.82 Å². The third kappa shape index (κ3) is 7.34. The van der Waals surface area contributed by atoms with Gasteiger partial charge < -0.3 is 24.9 Å². The molecule has 0 unspecified atom stereocenters. The van der Waals surface area contributed by atoms with E-state index in [0.717, 1.165) is 12.8 Å². The molecule has 0 atom stereocenters. The summed E-state index contributed by atoms with van der Waals surface area (Å²) >= 11 is 0. The number of unbranched alkanes of at least 4 members (excludes halogenated alkanes) is 2. The molecule has 13 nitrogen and oxygen atoms in total. The Labute approximate surface area is 227 Å². The molecule has 0 saturated heterocycles. The second kappa shape index (κ2) is 13.5. The maximum Gasteiger partial charge on any atom is 0.327 e. The number of fused-ring (bicyclic) bond motifs is 1. The van der Waals surface area contributed by atoms with Crippen LogP contribution in [0.1, 0.15) is 45.1 Å². The molecule has 0 aliphatic carbocycles. The van der Waals surface area contributed by atoms with Crippen molar-refractivity contribution in [2.45, 2.75) is 57.9 Å². The van der Waals surface area contributed by atoms with Gasteiger partial charge in [0.1, 0.15) is 11.3 Å². The third-order valence-corrected chi connectivity index (χ3v) is 8.09. The number of ether oxygens (including phenoxy) is 3. The van der Waals surface area contributed by atoms with Crippen molar-refractivity contribution in [3.05, 3.63) is 34.2 Å². The first-order valence-electron chi connectivity index (χ1n) is 12.8. The zero-order valence-corrected chi connectivity index (χ0v) is 23.5. The number of H-pyrrole nitrogens is 1. The van der Waals surface area contributed by atoms with Gasteiger partial charge in [0.2, 0.25) is 10.0 Å². The average molecular weight is 565 g/mol. The number of aromatic nitrogens is 4. The molecule has 2 aromatic heterocycles. The van der Waals surface area contributed by atoms with E-state index in [0.29, 0.717) is 36.2 Å². The van der Waals surface area contributed by atoms with Gasteiger partial charge in [-0.2, -0.15) is 14.3 Å². The molecule has 3 N–H and O–H groups in total. The van der Waals surface area contributed by atoms with E-state index in [1.54, 1.807) is 13.0 Å². The molecule has 3 aromatic rings. The molecule has 0 fully saturated rings. The minimum absolute atomic E-state index is 0.0491. The maximum atomic E-state index is 13.6. The molecule has 14 heteroatoms. The molecule has 0 saturated carbocycles. The van der Waals surface area contributed by atoms with E-state index in [9.17, 15) is 18.0 Å². The van der Waals surface area contributed by atoms with Gasteiger partial charge >= 0.3 is 17.7 Å². The Balaban J connectivity index is 1.76. The van der Waals surface area contributed by atoms with Gasteiger partial charge in [-0.05, 0) is 38.3 Å². The highest BCUT2D eigenvalue weighted by atomic mass is 32.2. The largest absolute Gasteiger partial charge is 0.463 e. The summed E-state index contributed by atoms with van der Waals surface area (Å²) in [6.07, 6.45) is 2.71. The smallest absolute Gasteiger partial charge is 0.327 e. The molecule has 0 bridgehead atoms. The number of rotatable bonds is 15. The fraction of sp³-hybridized carbons (Fsp3) is 0.520. The first-order chi connectivity index (χ1) is 18.6. The SMILES string of the molecule is CCCCOc1nc(N)c2[nH]c(=O)n(CCCCN(CCOC)S(=O)(=O)c3cccc(OC(C)=O)c3C)c2n1. The maximum absolute atomic E-state index is 13.6. The van der Waals surface area contributed by atoms with Crippen molar-refractivity contribution in [1.29, 1.82) is 0 Å². The van der Waals surface area contributed by atoms with Crippen LogP contribution in [0, 0.1) is 6.92 Å². The summed E-state index contributed by atoms with van der Waals surface area (Å²) in [5.74, 6) is -0.234. The number of benzene rings is 1. The number of nitrogens with two attached hydrogens (primary N) is 1. The predicted molar refractivity (Wildman–Crippen MR) is 145 cm³/mol. The van der Waals surface area contributed by atoms with Crippen molar-refractivity contribution in [3.8, 4) is 11.8 Å². The van der Waals surface area contributed by atoms with Gasteiger partial charge in [-0.15, -0.1) is 0 Å². The molecule has 0 aliphatic heterocycles. The van der Waals surface area contributed by atoms with Crippen LogP contribution in [-0.4, -0.2) is 71.6 Å². The van der Waals surface area contributed by atoms with Crippen molar-refractivity contribution in [2.24, 2.45) is 0 Å². The first-order valence-corrected chi connectivity index (χ1v) is 14.2. The van der Waals surface area contributed by atoms with Crippen molar-refractivity contribution < 1.29 is 27.4 Å². The number of hydrogen-bond donors (Lipinski definition) is 2. The summed E-state index contributed by atoms with van der Waals surface area (Å²) in [7, 11) is -2.43. The summed E-state index contributed by atoms with van der Waals surface area (Å²) in [5.41, 5.74) is 6.62. The number of carbonyl (C=O) groups is 1. The molecule has 0 amide bonds. The van der Waals surface area contributed by atoms with Gasteiger partial charge in [0, 0.05) is 39.2 Å². The van der Waals surface area contributed by atoms with E-state index in [1.165, 1.54) is 35.0 Å². The summed E-state index contributed by atoms with van der Waals surface area (Å²) in [5, 5.41) is 0. The van der Waals surface area contributed by atoms with Gasteiger partial charge in [0.25, 0.3) is 0 Å². The fourth-order valence-corrected chi connectivity index (χ4v) is 5.69. The number of aryl methyl sites for hydroxylation is 1. The highest BCUT2D eigenvalue weighted by Crippen LogP contribution is 2.28. The molecule has 3 rings (SSSR count). The summed E-state index contributed by atoms with van der Waals surface area (Å²) in [6, 6.07) is 4.66. The first kappa shape index (κ1) is 30.1. The Morgan fingerprint density at radius 1 is 1.15 bits per heavy atom. The number of hydrogen-bond acceptors (Lipinski definition) is 10. The number of nitrogen functional groups attached to an aromatic ring is 1.